The van der Waals surface area contributed by atoms with Crippen molar-refractivity contribution >= 4 is 17.2 Å². The van der Waals surface area contributed by atoms with Gasteiger partial charge in [-0.05, 0) is 6.07 Å². The van der Waals surface area contributed by atoms with Gasteiger partial charge in [-0.2, -0.15) is 0 Å². The summed E-state index contributed by atoms with van der Waals surface area (Å²) in [4.78, 5) is 17.5. The number of amides is 1. The molecule has 1 aliphatic rings. The Morgan fingerprint density at radius 2 is 2.24 bits per heavy atom. The van der Waals surface area contributed by atoms with Crippen molar-refractivity contribution in [1.82, 2.24) is 20.1 Å². The average Bonchev–Trinajstić information content (AvgIpc) is 3.01. The Labute approximate surface area is 124 Å². The van der Waals surface area contributed by atoms with E-state index >= 15 is 0 Å². The van der Waals surface area contributed by atoms with Crippen LogP contribution in [0.5, 0.6) is 5.19 Å². The van der Waals surface area contributed by atoms with Crippen LogP contribution in [0, 0.1) is 5.82 Å². The van der Waals surface area contributed by atoms with E-state index in [1.807, 2.05) is 0 Å². The summed E-state index contributed by atoms with van der Waals surface area (Å²) < 4.78 is 19.3. The molecule has 0 bridgehead atoms. The van der Waals surface area contributed by atoms with Crippen LogP contribution in [-0.2, 0) is 0 Å². The predicted molar refractivity (Wildman–Crippen MR) is 73.7 cm³/mol. The van der Waals surface area contributed by atoms with Crippen molar-refractivity contribution in [2.75, 3.05) is 13.1 Å². The van der Waals surface area contributed by atoms with Gasteiger partial charge in [0.15, 0.2) is 5.82 Å². The van der Waals surface area contributed by atoms with Crippen LogP contribution >= 0.6 is 11.3 Å². The van der Waals surface area contributed by atoms with Gasteiger partial charge in [-0.1, -0.05) is 11.3 Å². The van der Waals surface area contributed by atoms with Gasteiger partial charge in [0.25, 0.3) is 11.1 Å². The van der Waals surface area contributed by atoms with E-state index in [9.17, 15) is 9.18 Å². The van der Waals surface area contributed by atoms with E-state index in [2.05, 4.69) is 15.2 Å². The summed E-state index contributed by atoms with van der Waals surface area (Å²) in [5.74, 6) is -0.890. The number of pyridine rings is 1. The molecule has 0 unspecified atom stereocenters. The molecular formula is C13H13FN4O2S. The van der Waals surface area contributed by atoms with Crippen molar-refractivity contribution in [3.8, 4) is 5.19 Å². The maximum absolute atomic E-state index is 13.6. The summed E-state index contributed by atoms with van der Waals surface area (Å²) in [6.45, 7) is 1.06. The molecule has 0 radical (unpaired) electrons. The number of hydrogen-bond acceptors (Lipinski definition) is 6. The Balaban J connectivity index is 1.58. The molecule has 2 aromatic heterocycles. The molecule has 0 saturated carbocycles. The molecule has 110 valence electrons. The molecule has 1 amide bonds. The van der Waals surface area contributed by atoms with Crippen LogP contribution < -0.4 is 4.74 Å². The van der Waals surface area contributed by atoms with Gasteiger partial charge in [0.2, 0.25) is 0 Å². The monoisotopic (exact) mass is 308 g/mol. The van der Waals surface area contributed by atoms with Crippen LogP contribution in [0.4, 0.5) is 4.39 Å². The van der Waals surface area contributed by atoms with Gasteiger partial charge in [-0.25, -0.2) is 4.39 Å². The second-order valence-electron chi connectivity index (χ2n) is 4.67. The van der Waals surface area contributed by atoms with Crippen molar-refractivity contribution in [2.24, 2.45) is 0 Å². The van der Waals surface area contributed by atoms with E-state index in [1.165, 1.54) is 23.6 Å². The largest absolute Gasteiger partial charge is 0.465 e. The zero-order valence-corrected chi connectivity index (χ0v) is 11.9. The smallest absolute Gasteiger partial charge is 0.294 e. The van der Waals surface area contributed by atoms with Gasteiger partial charge in [-0.3, -0.25) is 9.78 Å². The fourth-order valence-electron chi connectivity index (χ4n) is 2.25. The lowest BCUT2D eigenvalue weighted by Crippen LogP contribution is -2.42. The maximum Gasteiger partial charge on any atom is 0.294 e. The van der Waals surface area contributed by atoms with Gasteiger partial charge in [0, 0.05) is 32.1 Å². The third-order valence-electron chi connectivity index (χ3n) is 3.34. The number of carbonyl (C=O) groups excluding carboxylic acids is 1. The summed E-state index contributed by atoms with van der Waals surface area (Å²) in [7, 11) is 0. The number of aromatic nitrogens is 3. The molecule has 0 aliphatic carbocycles. The maximum atomic E-state index is 13.6. The summed E-state index contributed by atoms with van der Waals surface area (Å²) >= 11 is 1.34. The molecule has 1 fully saturated rings. The molecule has 3 heterocycles. The molecule has 21 heavy (non-hydrogen) atoms. The highest BCUT2D eigenvalue weighted by molar-refractivity contribution is 7.11. The van der Waals surface area contributed by atoms with Crippen LogP contribution in [0.1, 0.15) is 23.2 Å². The van der Waals surface area contributed by atoms with E-state index in [1.54, 1.807) is 10.4 Å². The van der Waals surface area contributed by atoms with Gasteiger partial charge in [-0.15, -0.1) is 10.2 Å². The highest BCUT2D eigenvalue weighted by Crippen LogP contribution is 2.21. The molecule has 0 aromatic carbocycles. The zero-order valence-electron chi connectivity index (χ0n) is 11.1. The molecule has 3 rings (SSSR count). The van der Waals surface area contributed by atoms with Crippen LogP contribution in [0.2, 0.25) is 0 Å². The number of halogens is 1. The van der Waals surface area contributed by atoms with Crippen molar-refractivity contribution in [1.29, 1.82) is 0 Å². The first-order valence-electron chi connectivity index (χ1n) is 6.55. The van der Waals surface area contributed by atoms with Crippen LogP contribution in [0.25, 0.3) is 0 Å². The fraction of sp³-hybridized carbons (Fsp3) is 0.385. The number of carbonyl (C=O) groups is 1. The zero-order chi connectivity index (χ0) is 14.7. The Morgan fingerprint density at radius 1 is 1.43 bits per heavy atom. The number of rotatable bonds is 3. The number of ether oxygens (including phenoxy) is 1. The molecule has 6 nitrogen and oxygen atoms in total. The van der Waals surface area contributed by atoms with Crippen LogP contribution in [-0.4, -0.2) is 45.2 Å². The third-order valence-corrected chi connectivity index (χ3v) is 3.92. The first kappa shape index (κ1) is 13.9. The number of nitrogens with zero attached hydrogens (tertiary/aromatic N) is 4. The van der Waals surface area contributed by atoms with E-state index in [-0.39, 0.29) is 17.6 Å². The molecule has 2 aromatic rings. The van der Waals surface area contributed by atoms with Crippen molar-refractivity contribution in [3.63, 3.8) is 0 Å². The summed E-state index contributed by atoms with van der Waals surface area (Å²) in [6, 6.07) is 1.40. The molecule has 0 spiro atoms. The van der Waals surface area contributed by atoms with E-state index in [0.717, 1.165) is 6.20 Å². The molecule has 1 aliphatic heterocycles. The average molecular weight is 308 g/mol. The first-order valence-corrected chi connectivity index (χ1v) is 7.43. The third kappa shape index (κ3) is 3.15. The lowest BCUT2D eigenvalue weighted by molar-refractivity contribution is 0.0589. The quantitative estimate of drug-likeness (QED) is 0.864. The Bertz CT molecular complexity index is 614. The van der Waals surface area contributed by atoms with Gasteiger partial charge >= 0.3 is 0 Å². The first-order chi connectivity index (χ1) is 10.2. The normalized spacial score (nSPS) is 16.0. The number of hydrogen-bond donors (Lipinski definition) is 0. The van der Waals surface area contributed by atoms with E-state index < -0.39 is 5.82 Å². The fourth-order valence-corrected chi connectivity index (χ4v) is 2.72. The van der Waals surface area contributed by atoms with E-state index in [0.29, 0.717) is 31.1 Å². The second-order valence-corrected chi connectivity index (χ2v) is 5.47. The second kappa shape index (κ2) is 6.13. The van der Waals surface area contributed by atoms with Gasteiger partial charge in [0.05, 0.1) is 11.8 Å². The molecule has 8 heteroatoms. The highest BCUT2D eigenvalue weighted by atomic mass is 32.1. The predicted octanol–water partition coefficient (Wildman–Crippen LogP) is 1.76. The highest BCUT2D eigenvalue weighted by Gasteiger charge is 2.26. The van der Waals surface area contributed by atoms with Crippen molar-refractivity contribution < 1.29 is 13.9 Å². The summed E-state index contributed by atoms with van der Waals surface area (Å²) in [5.41, 5.74) is 1.67. The summed E-state index contributed by atoms with van der Waals surface area (Å²) in [5, 5.41) is 8.09. The molecule has 0 atom stereocenters. The molecule has 0 N–H and O–H groups in total. The topological polar surface area (TPSA) is 68.2 Å². The lowest BCUT2D eigenvalue weighted by atomic mass is 10.1. The minimum Gasteiger partial charge on any atom is -0.465 e. The Hall–Kier alpha value is -2.09. The van der Waals surface area contributed by atoms with Crippen molar-refractivity contribution in [3.05, 3.63) is 35.4 Å². The molecular weight excluding hydrogens is 295 g/mol. The standard InChI is InChI=1S/C13H13FN4O2S/c14-11-7-15-4-1-10(11)12(19)18-5-2-9(3-6-18)20-13-17-16-8-21-13/h1,4,7-9H,2-3,5-6H2. The Kier molecular flexibility index (Phi) is 4.05. The van der Waals surface area contributed by atoms with Gasteiger partial charge in [0.1, 0.15) is 11.6 Å². The Morgan fingerprint density at radius 3 is 2.90 bits per heavy atom. The number of likely N-dealkylation sites (tertiary alicyclic amines) is 1. The minimum absolute atomic E-state index is 0.0179. The van der Waals surface area contributed by atoms with Crippen LogP contribution in [0.15, 0.2) is 24.0 Å². The molecule has 1 saturated heterocycles. The summed E-state index contributed by atoms with van der Waals surface area (Å²) in [6.07, 6.45) is 3.88. The minimum atomic E-state index is -0.588. The lowest BCUT2D eigenvalue weighted by Gasteiger charge is -2.31. The van der Waals surface area contributed by atoms with E-state index in [4.69, 9.17) is 4.74 Å². The van der Waals surface area contributed by atoms with Crippen LogP contribution in [0.3, 0.4) is 0 Å². The van der Waals surface area contributed by atoms with Crippen molar-refractivity contribution in [2.45, 2.75) is 18.9 Å². The van der Waals surface area contributed by atoms with Gasteiger partial charge < -0.3 is 9.64 Å². The SMILES string of the molecule is O=C(c1ccncc1F)N1CCC(Oc2nncs2)CC1. The number of piperidine rings is 1.